The van der Waals surface area contributed by atoms with E-state index in [0.717, 1.165) is 24.0 Å². The Labute approximate surface area is 156 Å². The van der Waals surface area contributed by atoms with Gasteiger partial charge in [-0.05, 0) is 37.5 Å². The van der Waals surface area contributed by atoms with E-state index in [1.54, 1.807) is 12.1 Å². The Morgan fingerprint density at radius 1 is 1.15 bits per heavy atom. The number of hydrogen-bond acceptors (Lipinski definition) is 4. The first kappa shape index (κ1) is 17.2. The van der Waals surface area contributed by atoms with Gasteiger partial charge in [-0.3, -0.25) is 4.90 Å². The largest absolute Gasteiger partial charge is 0.338 e. The lowest BCUT2D eigenvalue weighted by molar-refractivity contribution is 0.207. The summed E-state index contributed by atoms with van der Waals surface area (Å²) in [6, 6.07) is 13.1. The highest BCUT2D eigenvalue weighted by molar-refractivity contribution is 6.31. The van der Waals surface area contributed by atoms with Crippen molar-refractivity contribution in [2.24, 2.45) is 0 Å². The molecular formula is C20H19ClFN3O. The second-order valence-electron chi connectivity index (χ2n) is 6.66. The molecule has 134 valence electrons. The molecule has 4 rings (SSSR count). The maximum absolute atomic E-state index is 14.1. The molecule has 2 aromatic carbocycles. The number of hydrogen-bond donors (Lipinski definition) is 0. The van der Waals surface area contributed by atoms with E-state index in [1.165, 1.54) is 6.07 Å². The van der Waals surface area contributed by atoms with Crippen molar-refractivity contribution in [2.45, 2.75) is 38.9 Å². The van der Waals surface area contributed by atoms with Crippen LogP contribution in [0.2, 0.25) is 5.02 Å². The van der Waals surface area contributed by atoms with Crippen molar-refractivity contribution in [2.75, 3.05) is 0 Å². The topological polar surface area (TPSA) is 42.2 Å². The quantitative estimate of drug-likeness (QED) is 0.611. The second kappa shape index (κ2) is 7.17. The van der Waals surface area contributed by atoms with Crippen molar-refractivity contribution in [3.8, 4) is 11.4 Å². The van der Waals surface area contributed by atoms with Crippen molar-refractivity contribution in [3.05, 3.63) is 70.3 Å². The molecule has 4 nitrogen and oxygen atoms in total. The molecule has 1 saturated carbocycles. The Balaban J connectivity index is 1.54. The molecule has 1 aromatic heterocycles. The minimum atomic E-state index is -0.283. The summed E-state index contributed by atoms with van der Waals surface area (Å²) in [6.45, 7) is 2.93. The fourth-order valence-corrected chi connectivity index (χ4v) is 3.29. The van der Waals surface area contributed by atoms with Gasteiger partial charge in [0.25, 0.3) is 0 Å². The van der Waals surface area contributed by atoms with E-state index in [2.05, 4.69) is 15.0 Å². The third kappa shape index (κ3) is 3.64. The molecular weight excluding hydrogens is 353 g/mol. The Kier molecular flexibility index (Phi) is 4.74. The molecule has 1 heterocycles. The summed E-state index contributed by atoms with van der Waals surface area (Å²) in [5.74, 6) is 0.828. The van der Waals surface area contributed by atoms with Crippen molar-refractivity contribution in [1.82, 2.24) is 15.0 Å². The van der Waals surface area contributed by atoms with Crippen LogP contribution in [0.3, 0.4) is 0 Å². The van der Waals surface area contributed by atoms with E-state index in [-0.39, 0.29) is 5.82 Å². The lowest BCUT2D eigenvalue weighted by atomic mass is 10.1. The molecule has 26 heavy (non-hydrogen) atoms. The second-order valence-corrected chi connectivity index (χ2v) is 7.07. The van der Waals surface area contributed by atoms with Gasteiger partial charge in [0, 0.05) is 28.7 Å². The predicted molar refractivity (Wildman–Crippen MR) is 98.2 cm³/mol. The minimum Gasteiger partial charge on any atom is -0.338 e. The molecule has 1 aliphatic carbocycles. The number of nitrogens with zero attached hydrogens (tertiary/aromatic N) is 3. The van der Waals surface area contributed by atoms with Crippen molar-refractivity contribution in [3.63, 3.8) is 0 Å². The molecule has 0 saturated heterocycles. The molecule has 1 fully saturated rings. The van der Waals surface area contributed by atoms with Gasteiger partial charge in [0.2, 0.25) is 11.7 Å². The molecule has 0 amide bonds. The lowest BCUT2D eigenvalue weighted by Crippen LogP contribution is -2.26. The number of halogens is 2. The average Bonchev–Trinajstić information content (AvgIpc) is 3.37. The van der Waals surface area contributed by atoms with Crippen LogP contribution in [-0.2, 0) is 13.1 Å². The molecule has 0 bridgehead atoms. The molecule has 0 N–H and O–H groups in total. The number of rotatable bonds is 6. The van der Waals surface area contributed by atoms with Gasteiger partial charge in [-0.2, -0.15) is 4.98 Å². The molecule has 3 aromatic rings. The van der Waals surface area contributed by atoms with Crippen molar-refractivity contribution >= 4 is 11.6 Å². The van der Waals surface area contributed by atoms with E-state index >= 15 is 0 Å². The Morgan fingerprint density at radius 3 is 2.69 bits per heavy atom. The normalized spacial score (nSPS) is 14.2. The average molecular weight is 372 g/mol. The zero-order valence-electron chi connectivity index (χ0n) is 14.5. The first-order valence-electron chi connectivity index (χ1n) is 8.67. The maximum Gasteiger partial charge on any atom is 0.241 e. The smallest absolute Gasteiger partial charge is 0.241 e. The standard InChI is InChI=1S/C20H19ClFN3O/c1-13-5-2-3-6-15(13)20-23-19(26-24-20)12-25(14-9-10-14)11-16-17(21)7-4-8-18(16)22/h2-8,14H,9-12H2,1H3. The van der Waals surface area contributed by atoms with Crippen LogP contribution in [0.25, 0.3) is 11.4 Å². The first-order valence-corrected chi connectivity index (χ1v) is 9.05. The minimum absolute atomic E-state index is 0.283. The molecule has 0 spiro atoms. The van der Waals surface area contributed by atoms with Gasteiger partial charge in [0.05, 0.1) is 6.54 Å². The van der Waals surface area contributed by atoms with Gasteiger partial charge in [-0.15, -0.1) is 0 Å². The van der Waals surface area contributed by atoms with Crippen molar-refractivity contribution in [1.29, 1.82) is 0 Å². The summed E-state index contributed by atoms with van der Waals surface area (Å²) in [7, 11) is 0. The Bertz CT molecular complexity index is 903. The summed E-state index contributed by atoms with van der Waals surface area (Å²) < 4.78 is 19.6. The van der Waals surface area contributed by atoms with Crippen molar-refractivity contribution < 1.29 is 8.91 Å². The van der Waals surface area contributed by atoms with Gasteiger partial charge >= 0.3 is 0 Å². The molecule has 0 aliphatic heterocycles. The molecule has 1 aliphatic rings. The van der Waals surface area contributed by atoms with E-state index < -0.39 is 0 Å². The monoisotopic (exact) mass is 371 g/mol. The van der Waals surface area contributed by atoms with Crippen LogP contribution in [0.5, 0.6) is 0 Å². The van der Waals surface area contributed by atoms with Crippen LogP contribution >= 0.6 is 11.6 Å². The van der Waals surface area contributed by atoms with E-state index in [1.807, 2.05) is 31.2 Å². The fraction of sp³-hybridized carbons (Fsp3) is 0.300. The van der Waals surface area contributed by atoms with Gasteiger partial charge in [0.1, 0.15) is 5.82 Å². The number of benzene rings is 2. The lowest BCUT2D eigenvalue weighted by Gasteiger charge is -2.20. The number of aromatic nitrogens is 2. The van der Waals surface area contributed by atoms with Crippen LogP contribution in [0.1, 0.15) is 29.9 Å². The third-order valence-corrected chi connectivity index (χ3v) is 5.03. The van der Waals surface area contributed by atoms with Gasteiger partial charge in [-0.1, -0.05) is 47.1 Å². The zero-order valence-corrected chi connectivity index (χ0v) is 15.2. The Morgan fingerprint density at radius 2 is 1.96 bits per heavy atom. The van der Waals surface area contributed by atoms with E-state index in [9.17, 15) is 4.39 Å². The van der Waals surface area contributed by atoms with E-state index in [0.29, 0.717) is 41.4 Å². The highest BCUT2D eigenvalue weighted by Gasteiger charge is 2.31. The van der Waals surface area contributed by atoms with Crippen LogP contribution in [-0.4, -0.2) is 21.1 Å². The first-order chi connectivity index (χ1) is 12.6. The highest BCUT2D eigenvalue weighted by atomic mass is 35.5. The van der Waals surface area contributed by atoms with Gasteiger partial charge in [0.15, 0.2) is 0 Å². The fourth-order valence-electron chi connectivity index (χ4n) is 3.07. The summed E-state index contributed by atoms with van der Waals surface area (Å²) in [4.78, 5) is 6.68. The number of aryl methyl sites for hydroxylation is 1. The van der Waals surface area contributed by atoms with Crippen LogP contribution < -0.4 is 0 Å². The van der Waals surface area contributed by atoms with Crippen LogP contribution in [0, 0.1) is 12.7 Å². The van der Waals surface area contributed by atoms with Crippen LogP contribution in [0.4, 0.5) is 4.39 Å². The highest BCUT2D eigenvalue weighted by Crippen LogP contribution is 2.32. The third-order valence-electron chi connectivity index (χ3n) is 4.68. The zero-order chi connectivity index (χ0) is 18.1. The molecule has 6 heteroatoms. The summed E-state index contributed by atoms with van der Waals surface area (Å²) >= 11 is 6.19. The SMILES string of the molecule is Cc1ccccc1-c1noc(CN(Cc2c(F)cccc2Cl)C2CC2)n1. The summed E-state index contributed by atoms with van der Waals surface area (Å²) in [5, 5.41) is 4.56. The van der Waals surface area contributed by atoms with E-state index in [4.69, 9.17) is 16.1 Å². The maximum atomic E-state index is 14.1. The predicted octanol–water partition coefficient (Wildman–Crippen LogP) is 5.00. The summed E-state index contributed by atoms with van der Waals surface area (Å²) in [5.41, 5.74) is 2.56. The molecule has 0 radical (unpaired) electrons. The summed E-state index contributed by atoms with van der Waals surface area (Å²) in [6.07, 6.45) is 2.18. The molecule has 0 atom stereocenters. The van der Waals surface area contributed by atoms with Gasteiger partial charge in [-0.25, -0.2) is 4.39 Å². The van der Waals surface area contributed by atoms with Gasteiger partial charge < -0.3 is 4.52 Å². The Hall–Kier alpha value is -2.24. The molecule has 0 unspecified atom stereocenters. The van der Waals surface area contributed by atoms with Crippen LogP contribution in [0.15, 0.2) is 47.0 Å².